The number of hydrogen-bond donors (Lipinski definition) is 1. The highest BCUT2D eigenvalue weighted by atomic mass is 16.3. The average molecular weight is 363 g/mol. The van der Waals surface area contributed by atoms with Crippen molar-refractivity contribution in [2.75, 3.05) is 6.54 Å². The zero-order valence-corrected chi connectivity index (χ0v) is 15.1. The molecule has 0 saturated carbocycles. The molecule has 0 radical (unpaired) electrons. The van der Waals surface area contributed by atoms with Gasteiger partial charge < -0.3 is 9.40 Å². The van der Waals surface area contributed by atoms with Gasteiger partial charge in [0, 0.05) is 35.1 Å². The van der Waals surface area contributed by atoms with Crippen molar-refractivity contribution < 1.29 is 14.0 Å². The van der Waals surface area contributed by atoms with Crippen LogP contribution in [0.25, 0.3) is 10.9 Å². The summed E-state index contributed by atoms with van der Waals surface area (Å²) in [6.07, 6.45) is 5.58. The first-order chi connectivity index (χ1) is 13.2. The maximum absolute atomic E-state index is 13.2. The molecule has 2 aliphatic rings. The molecule has 1 fully saturated rings. The fraction of sp³-hybridized carbons (Fsp3) is 0.333. The number of fused-ring (bicyclic) bond motifs is 4. The number of carbonyl (C=O) groups excluding carboxylic acids is 2. The molecule has 0 aliphatic carbocycles. The van der Waals surface area contributed by atoms with Gasteiger partial charge in [-0.05, 0) is 24.1 Å². The maximum atomic E-state index is 13.2. The minimum Gasteiger partial charge on any atom is -0.472 e. The zero-order valence-electron chi connectivity index (χ0n) is 15.1. The van der Waals surface area contributed by atoms with Crippen molar-refractivity contribution >= 4 is 22.8 Å². The molecule has 2 aliphatic heterocycles. The predicted molar refractivity (Wildman–Crippen MR) is 100 cm³/mol. The summed E-state index contributed by atoms with van der Waals surface area (Å²) in [6, 6.07) is 8.97. The van der Waals surface area contributed by atoms with Crippen LogP contribution in [0.5, 0.6) is 0 Å². The van der Waals surface area contributed by atoms with Crippen LogP contribution in [-0.2, 0) is 11.2 Å². The summed E-state index contributed by atoms with van der Waals surface area (Å²) in [7, 11) is 0. The molecule has 2 unspecified atom stereocenters. The number of carbonyl (C=O) groups is 2. The van der Waals surface area contributed by atoms with Gasteiger partial charge in [0.05, 0.1) is 12.5 Å². The smallest absolute Gasteiger partial charge is 0.328 e. The molecule has 2 aromatic heterocycles. The van der Waals surface area contributed by atoms with Crippen LogP contribution >= 0.6 is 0 Å². The summed E-state index contributed by atoms with van der Waals surface area (Å²) >= 11 is 0. The standard InChI is InChI=1S/C21H21N3O3/c1-2-3-9-23-20(25)17-11-15-14-6-4-5-7-16(14)22-18(15)19(24(17)21(23)26)13-8-10-27-12-13/h4-8,10,12,17,19,22H,2-3,9,11H2,1H3. The van der Waals surface area contributed by atoms with E-state index < -0.39 is 6.04 Å². The summed E-state index contributed by atoms with van der Waals surface area (Å²) in [5, 5.41) is 1.12. The number of unbranched alkanes of at least 4 members (excludes halogenated alkanes) is 1. The number of aromatic nitrogens is 1. The lowest BCUT2D eigenvalue weighted by Gasteiger charge is -2.35. The second-order valence-corrected chi connectivity index (χ2v) is 7.28. The molecule has 138 valence electrons. The van der Waals surface area contributed by atoms with Crippen molar-refractivity contribution in [1.29, 1.82) is 0 Å². The number of urea groups is 1. The lowest BCUT2D eigenvalue weighted by atomic mass is 9.90. The Morgan fingerprint density at radius 1 is 1.22 bits per heavy atom. The number of amides is 3. The fourth-order valence-corrected chi connectivity index (χ4v) is 4.43. The number of imide groups is 1. The van der Waals surface area contributed by atoms with Crippen LogP contribution in [-0.4, -0.2) is 39.3 Å². The van der Waals surface area contributed by atoms with E-state index in [2.05, 4.69) is 18.0 Å². The van der Waals surface area contributed by atoms with Crippen molar-refractivity contribution in [3.05, 3.63) is 59.7 Å². The first-order valence-corrected chi connectivity index (χ1v) is 9.46. The van der Waals surface area contributed by atoms with E-state index in [1.165, 1.54) is 4.90 Å². The van der Waals surface area contributed by atoms with Crippen molar-refractivity contribution in [1.82, 2.24) is 14.8 Å². The number of nitrogens with zero attached hydrogens (tertiary/aromatic N) is 2. The zero-order chi connectivity index (χ0) is 18.5. The van der Waals surface area contributed by atoms with Gasteiger partial charge in [-0.3, -0.25) is 14.6 Å². The molecule has 1 saturated heterocycles. The number of para-hydroxylation sites is 1. The third-order valence-electron chi connectivity index (χ3n) is 5.73. The van der Waals surface area contributed by atoms with Crippen molar-refractivity contribution in [2.24, 2.45) is 0 Å². The van der Waals surface area contributed by atoms with Crippen molar-refractivity contribution in [2.45, 2.75) is 38.3 Å². The molecule has 3 aromatic rings. The van der Waals surface area contributed by atoms with E-state index in [-0.39, 0.29) is 18.0 Å². The van der Waals surface area contributed by atoms with Gasteiger partial charge in [0.1, 0.15) is 12.1 Å². The highest BCUT2D eigenvalue weighted by molar-refractivity contribution is 6.05. The van der Waals surface area contributed by atoms with Crippen molar-refractivity contribution in [3.63, 3.8) is 0 Å². The average Bonchev–Trinajstić information content (AvgIpc) is 3.38. The Morgan fingerprint density at radius 3 is 2.85 bits per heavy atom. The van der Waals surface area contributed by atoms with E-state index in [0.29, 0.717) is 13.0 Å². The third kappa shape index (κ3) is 2.25. The van der Waals surface area contributed by atoms with Crippen LogP contribution in [0.4, 0.5) is 4.79 Å². The van der Waals surface area contributed by atoms with E-state index in [4.69, 9.17) is 4.42 Å². The molecule has 6 heteroatoms. The first-order valence-electron chi connectivity index (χ1n) is 9.46. The molecule has 1 aromatic carbocycles. The summed E-state index contributed by atoms with van der Waals surface area (Å²) in [5.74, 6) is -0.0853. The molecule has 0 bridgehead atoms. The minimum absolute atomic E-state index is 0.0853. The Bertz CT molecular complexity index is 1020. The summed E-state index contributed by atoms with van der Waals surface area (Å²) in [4.78, 5) is 32.9. The van der Waals surface area contributed by atoms with E-state index in [0.717, 1.165) is 40.6 Å². The number of furan rings is 1. The Labute approximate surface area is 156 Å². The third-order valence-corrected chi connectivity index (χ3v) is 5.73. The summed E-state index contributed by atoms with van der Waals surface area (Å²) < 4.78 is 5.31. The molecule has 5 rings (SSSR count). The molecular formula is C21H21N3O3. The highest BCUT2D eigenvalue weighted by Gasteiger charge is 2.52. The number of rotatable bonds is 4. The Kier molecular flexibility index (Phi) is 3.60. The Hall–Kier alpha value is -3.02. The fourth-order valence-electron chi connectivity index (χ4n) is 4.43. The van der Waals surface area contributed by atoms with Gasteiger partial charge in [-0.2, -0.15) is 0 Å². The highest BCUT2D eigenvalue weighted by Crippen LogP contribution is 2.44. The number of nitrogens with one attached hydrogen (secondary N) is 1. The van der Waals surface area contributed by atoms with E-state index >= 15 is 0 Å². The van der Waals surface area contributed by atoms with Crippen LogP contribution < -0.4 is 0 Å². The van der Waals surface area contributed by atoms with Crippen LogP contribution in [0, 0.1) is 0 Å². The van der Waals surface area contributed by atoms with Gasteiger partial charge in [-0.25, -0.2) is 4.79 Å². The second-order valence-electron chi connectivity index (χ2n) is 7.28. The van der Waals surface area contributed by atoms with E-state index in [9.17, 15) is 9.59 Å². The second kappa shape index (κ2) is 6.01. The number of benzene rings is 1. The van der Waals surface area contributed by atoms with Gasteiger partial charge in [0.25, 0.3) is 5.91 Å². The van der Waals surface area contributed by atoms with Crippen LogP contribution in [0.15, 0.2) is 47.3 Å². The van der Waals surface area contributed by atoms with E-state index in [1.54, 1.807) is 17.4 Å². The van der Waals surface area contributed by atoms with Crippen LogP contribution in [0.3, 0.4) is 0 Å². The normalized spacial score (nSPS) is 21.8. The Morgan fingerprint density at radius 2 is 2.07 bits per heavy atom. The quantitative estimate of drug-likeness (QED) is 0.716. The molecule has 4 heterocycles. The van der Waals surface area contributed by atoms with Gasteiger partial charge in [-0.1, -0.05) is 31.5 Å². The molecule has 6 nitrogen and oxygen atoms in total. The van der Waals surface area contributed by atoms with Gasteiger partial charge in [-0.15, -0.1) is 0 Å². The SMILES string of the molecule is CCCCN1C(=O)C2Cc3c([nH]c4ccccc34)C(c3ccoc3)N2C1=O. The minimum atomic E-state index is -0.457. The van der Waals surface area contributed by atoms with Gasteiger partial charge >= 0.3 is 6.03 Å². The Balaban J connectivity index is 1.67. The number of H-pyrrole nitrogens is 1. The van der Waals surface area contributed by atoms with Crippen LogP contribution in [0.1, 0.15) is 42.6 Å². The predicted octanol–water partition coefficient (Wildman–Crippen LogP) is 3.84. The van der Waals surface area contributed by atoms with E-state index in [1.807, 2.05) is 24.3 Å². The number of aromatic amines is 1. The largest absolute Gasteiger partial charge is 0.472 e. The lowest BCUT2D eigenvalue weighted by molar-refractivity contribution is -0.128. The topological polar surface area (TPSA) is 69.6 Å². The molecule has 27 heavy (non-hydrogen) atoms. The molecular weight excluding hydrogens is 342 g/mol. The first kappa shape index (κ1) is 16.2. The monoisotopic (exact) mass is 363 g/mol. The molecule has 2 atom stereocenters. The van der Waals surface area contributed by atoms with Gasteiger partial charge in [0.2, 0.25) is 0 Å². The molecule has 0 spiro atoms. The van der Waals surface area contributed by atoms with Crippen molar-refractivity contribution in [3.8, 4) is 0 Å². The lowest BCUT2D eigenvalue weighted by Crippen LogP contribution is -2.44. The summed E-state index contributed by atoms with van der Waals surface area (Å²) in [6.45, 7) is 2.54. The number of hydrogen-bond acceptors (Lipinski definition) is 3. The molecule has 1 N–H and O–H groups in total. The van der Waals surface area contributed by atoms with Crippen LogP contribution in [0.2, 0.25) is 0 Å². The summed E-state index contributed by atoms with van der Waals surface area (Å²) in [5.41, 5.74) is 4.01. The molecule has 3 amide bonds. The maximum Gasteiger partial charge on any atom is 0.328 e. The van der Waals surface area contributed by atoms with Gasteiger partial charge in [0.15, 0.2) is 0 Å².